The molecule has 1 aromatic heterocycles. The SMILES string of the molecule is CC1CCCCC1N(C)c1ccc(C(=O)O)o1. The van der Waals surface area contributed by atoms with Gasteiger partial charge in [-0.2, -0.15) is 0 Å². The van der Waals surface area contributed by atoms with Crippen LogP contribution in [0.1, 0.15) is 43.2 Å². The Morgan fingerprint density at radius 2 is 2.12 bits per heavy atom. The Balaban J connectivity index is 2.12. The van der Waals surface area contributed by atoms with Crippen molar-refractivity contribution in [1.29, 1.82) is 0 Å². The second-order valence-corrected chi connectivity index (χ2v) is 4.88. The van der Waals surface area contributed by atoms with Crippen LogP contribution in [0.2, 0.25) is 0 Å². The molecular formula is C13H19NO3. The van der Waals surface area contributed by atoms with E-state index in [1.165, 1.54) is 25.3 Å². The molecule has 17 heavy (non-hydrogen) atoms. The molecule has 0 bridgehead atoms. The van der Waals surface area contributed by atoms with Crippen molar-refractivity contribution in [2.75, 3.05) is 11.9 Å². The number of furan rings is 1. The summed E-state index contributed by atoms with van der Waals surface area (Å²) in [4.78, 5) is 12.8. The van der Waals surface area contributed by atoms with Gasteiger partial charge in [-0.25, -0.2) is 4.79 Å². The third-order valence-corrected chi connectivity index (χ3v) is 3.71. The zero-order valence-electron chi connectivity index (χ0n) is 10.3. The van der Waals surface area contributed by atoms with E-state index < -0.39 is 5.97 Å². The molecule has 0 amide bonds. The van der Waals surface area contributed by atoms with Crippen LogP contribution in [0.4, 0.5) is 5.88 Å². The van der Waals surface area contributed by atoms with E-state index in [4.69, 9.17) is 9.52 Å². The van der Waals surface area contributed by atoms with Gasteiger partial charge in [-0.3, -0.25) is 0 Å². The fourth-order valence-electron chi connectivity index (χ4n) is 2.67. The molecule has 0 aromatic carbocycles. The molecule has 4 heteroatoms. The van der Waals surface area contributed by atoms with Gasteiger partial charge in [-0.15, -0.1) is 0 Å². The Morgan fingerprint density at radius 1 is 1.41 bits per heavy atom. The number of nitrogens with zero attached hydrogens (tertiary/aromatic N) is 1. The van der Waals surface area contributed by atoms with E-state index in [2.05, 4.69) is 11.8 Å². The van der Waals surface area contributed by atoms with Crippen LogP contribution in [0.15, 0.2) is 16.5 Å². The van der Waals surface area contributed by atoms with Gasteiger partial charge in [0.25, 0.3) is 0 Å². The fourth-order valence-corrected chi connectivity index (χ4v) is 2.67. The summed E-state index contributed by atoms with van der Waals surface area (Å²) in [6.07, 6.45) is 4.93. The van der Waals surface area contributed by atoms with E-state index in [-0.39, 0.29) is 5.76 Å². The zero-order chi connectivity index (χ0) is 12.4. The average molecular weight is 237 g/mol. The monoisotopic (exact) mass is 237 g/mol. The lowest BCUT2D eigenvalue weighted by molar-refractivity contribution is 0.0663. The summed E-state index contributed by atoms with van der Waals surface area (Å²) in [5.41, 5.74) is 0. The summed E-state index contributed by atoms with van der Waals surface area (Å²) in [5.74, 6) is 0.282. The first-order valence-corrected chi connectivity index (χ1v) is 6.15. The number of carbonyl (C=O) groups is 1. The minimum absolute atomic E-state index is 0.00955. The van der Waals surface area contributed by atoms with Crippen molar-refractivity contribution in [3.63, 3.8) is 0 Å². The van der Waals surface area contributed by atoms with Crippen LogP contribution in [0, 0.1) is 5.92 Å². The summed E-state index contributed by atoms with van der Waals surface area (Å²) in [6, 6.07) is 3.71. The van der Waals surface area contributed by atoms with E-state index in [0.717, 1.165) is 6.42 Å². The zero-order valence-corrected chi connectivity index (χ0v) is 10.3. The first kappa shape index (κ1) is 12.0. The van der Waals surface area contributed by atoms with Crippen LogP contribution < -0.4 is 4.90 Å². The molecule has 1 aliphatic carbocycles. The lowest BCUT2D eigenvalue weighted by atomic mass is 9.85. The van der Waals surface area contributed by atoms with Crippen LogP contribution in [-0.2, 0) is 0 Å². The Hall–Kier alpha value is -1.45. The number of hydrogen-bond donors (Lipinski definition) is 1. The molecule has 0 aliphatic heterocycles. The van der Waals surface area contributed by atoms with Gasteiger partial charge >= 0.3 is 5.97 Å². The van der Waals surface area contributed by atoms with Gasteiger partial charge < -0.3 is 14.4 Å². The fraction of sp³-hybridized carbons (Fsp3) is 0.615. The molecule has 2 atom stereocenters. The van der Waals surface area contributed by atoms with Crippen LogP contribution in [0.3, 0.4) is 0 Å². The van der Waals surface area contributed by atoms with Crippen molar-refractivity contribution in [1.82, 2.24) is 0 Å². The highest BCUT2D eigenvalue weighted by Crippen LogP contribution is 2.31. The first-order chi connectivity index (χ1) is 8.09. The second kappa shape index (κ2) is 4.82. The van der Waals surface area contributed by atoms with Gasteiger partial charge in [0.15, 0.2) is 5.88 Å². The molecule has 1 saturated carbocycles. The maximum Gasteiger partial charge on any atom is 0.371 e. The highest BCUT2D eigenvalue weighted by atomic mass is 16.4. The maximum absolute atomic E-state index is 10.8. The van der Waals surface area contributed by atoms with Gasteiger partial charge in [0, 0.05) is 19.2 Å². The molecule has 1 aliphatic rings. The molecule has 94 valence electrons. The van der Waals surface area contributed by atoms with Crippen molar-refractivity contribution in [3.8, 4) is 0 Å². The second-order valence-electron chi connectivity index (χ2n) is 4.88. The summed E-state index contributed by atoms with van der Waals surface area (Å²) >= 11 is 0. The molecule has 4 nitrogen and oxygen atoms in total. The standard InChI is InChI=1S/C13H19NO3/c1-9-5-3-4-6-10(9)14(2)12-8-7-11(17-12)13(15)16/h7-10H,3-6H2,1-2H3,(H,15,16). The van der Waals surface area contributed by atoms with Crippen molar-refractivity contribution >= 4 is 11.9 Å². The Labute approximate surface area is 101 Å². The molecule has 1 N–H and O–H groups in total. The molecular weight excluding hydrogens is 218 g/mol. The van der Waals surface area contributed by atoms with Crippen molar-refractivity contribution in [3.05, 3.63) is 17.9 Å². The van der Waals surface area contributed by atoms with Crippen molar-refractivity contribution < 1.29 is 14.3 Å². The van der Waals surface area contributed by atoms with Crippen LogP contribution in [-0.4, -0.2) is 24.2 Å². The van der Waals surface area contributed by atoms with Gasteiger partial charge in [0.2, 0.25) is 5.76 Å². The molecule has 1 heterocycles. The molecule has 0 radical (unpaired) electrons. The number of anilines is 1. The molecule has 1 aromatic rings. The maximum atomic E-state index is 10.8. The average Bonchev–Trinajstić information content (AvgIpc) is 2.78. The smallest absolute Gasteiger partial charge is 0.371 e. The van der Waals surface area contributed by atoms with E-state index in [0.29, 0.717) is 17.8 Å². The number of hydrogen-bond acceptors (Lipinski definition) is 3. The molecule has 0 spiro atoms. The number of carboxylic acids is 1. The number of carboxylic acid groups (broad SMARTS) is 1. The lowest BCUT2D eigenvalue weighted by Crippen LogP contribution is -2.38. The predicted octanol–water partition coefficient (Wildman–Crippen LogP) is 2.99. The van der Waals surface area contributed by atoms with E-state index >= 15 is 0 Å². The van der Waals surface area contributed by atoms with E-state index in [1.54, 1.807) is 6.07 Å². The van der Waals surface area contributed by atoms with Gasteiger partial charge in [-0.1, -0.05) is 19.8 Å². The van der Waals surface area contributed by atoms with Crippen LogP contribution in [0.5, 0.6) is 0 Å². The quantitative estimate of drug-likeness (QED) is 0.878. The van der Waals surface area contributed by atoms with Gasteiger partial charge in [0.1, 0.15) is 0 Å². The number of rotatable bonds is 3. The third-order valence-electron chi connectivity index (χ3n) is 3.71. The Morgan fingerprint density at radius 3 is 2.71 bits per heavy atom. The van der Waals surface area contributed by atoms with Crippen LogP contribution >= 0.6 is 0 Å². The minimum Gasteiger partial charge on any atom is -0.475 e. The van der Waals surface area contributed by atoms with Gasteiger partial charge in [-0.05, 0) is 24.8 Å². The molecule has 2 unspecified atom stereocenters. The summed E-state index contributed by atoms with van der Waals surface area (Å²) < 4.78 is 5.33. The highest BCUT2D eigenvalue weighted by Gasteiger charge is 2.26. The Kier molecular flexibility index (Phi) is 3.41. The Bertz CT molecular complexity index is 399. The van der Waals surface area contributed by atoms with E-state index in [9.17, 15) is 4.79 Å². The number of aromatic carboxylic acids is 1. The van der Waals surface area contributed by atoms with Crippen molar-refractivity contribution in [2.24, 2.45) is 5.92 Å². The highest BCUT2D eigenvalue weighted by molar-refractivity contribution is 5.84. The van der Waals surface area contributed by atoms with Crippen molar-refractivity contribution in [2.45, 2.75) is 38.6 Å². The largest absolute Gasteiger partial charge is 0.475 e. The predicted molar refractivity (Wildman–Crippen MR) is 65.5 cm³/mol. The summed E-state index contributed by atoms with van der Waals surface area (Å²) in [6.45, 7) is 2.25. The summed E-state index contributed by atoms with van der Waals surface area (Å²) in [5, 5.41) is 8.83. The summed E-state index contributed by atoms with van der Waals surface area (Å²) in [7, 11) is 1.98. The molecule has 1 fully saturated rings. The first-order valence-electron chi connectivity index (χ1n) is 6.15. The van der Waals surface area contributed by atoms with Gasteiger partial charge in [0.05, 0.1) is 0 Å². The van der Waals surface area contributed by atoms with Crippen LogP contribution in [0.25, 0.3) is 0 Å². The topological polar surface area (TPSA) is 53.7 Å². The minimum atomic E-state index is -1.01. The molecule has 2 rings (SSSR count). The lowest BCUT2D eigenvalue weighted by Gasteiger charge is -2.36. The third kappa shape index (κ3) is 2.46. The van der Waals surface area contributed by atoms with E-state index in [1.807, 2.05) is 7.05 Å². The molecule has 0 saturated heterocycles. The normalized spacial score (nSPS) is 24.6.